The van der Waals surface area contributed by atoms with Gasteiger partial charge in [-0.3, -0.25) is 4.90 Å². The lowest BCUT2D eigenvalue weighted by Gasteiger charge is -2.38. The van der Waals surface area contributed by atoms with Crippen LogP contribution in [0.25, 0.3) is 0 Å². The minimum absolute atomic E-state index is 0.0671. The molecule has 2 heteroatoms. The van der Waals surface area contributed by atoms with Gasteiger partial charge < -0.3 is 5.11 Å². The molecule has 0 aliphatic heterocycles. The lowest BCUT2D eigenvalue weighted by atomic mass is 9.88. The zero-order chi connectivity index (χ0) is 17.4. The van der Waals surface area contributed by atoms with Crippen LogP contribution in [0.3, 0.4) is 0 Å². The van der Waals surface area contributed by atoms with Crippen LogP contribution in [-0.2, 0) is 13.1 Å². The molecule has 0 bridgehead atoms. The van der Waals surface area contributed by atoms with Crippen molar-refractivity contribution in [2.45, 2.75) is 33.0 Å². The molecule has 0 heterocycles. The summed E-state index contributed by atoms with van der Waals surface area (Å²) in [6.45, 7) is 10.2. The summed E-state index contributed by atoms with van der Waals surface area (Å²) in [7, 11) is 0. The minimum atomic E-state index is 0.0671. The third-order valence-electron chi connectivity index (χ3n) is 4.51. The molecule has 0 fully saturated rings. The first-order valence-corrected chi connectivity index (χ1v) is 8.71. The highest BCUT2D eigenvalue weighted by Gasteiger charge is 2.28. The Morgan fingerprint density at radius 2 is 1.38 bits per heavy atom. The molecule has 2 rings (SSSR count). The average molecular weight is 323 g/mol. The van der Waals surface area contributed by atoms with Gasteiger partial charge in [0.1, 0.15) is 0 Å². The number of aliphatic hydroxyl groups excluding tert-OH is 1. The molecule has 2 nitrogen and oxygen atoms in total. The molecule has 1 N–H and O–H groups in total. The zero-order valence-corrected chi connectivity index (χ0v) is 14.8. The second-order valence-electron chi connectivity index (χ2n) is 6.69. The van der Waals surface area contributed by atoms with Crippen molar-refractivity contribution in [1.29, 1.82) is 0 Å². The van der Waals surface area contributed by atoms with E-state index in [1.165, 1.54) is 11.1 Å². The Balaban J connectivity index is 2.30. The van der Waals surface area contributed by atoms with Crippen LogP contribution in [0.4, 0.5) is 0 Å². The van der Waals surface area contributed by atoms with E-state index in [9.17, 15) is 5.11 Å². The van der Waals surface area contributed by atoms with Gasteiger partial charge in [-0.15, -0.1) is 6.58 Å². The van der Waals surface area contributed by atoms with Crippen LogP contribution >= 0.6 is 0 Å². The normalized spacial score (nSPS) is 13.9. The van der Waals surface area contributed by atoms with Crippen LogP contribution in [0.15, 0.2) is 73.3 Å². The molecule has 2 aromatic rings. The minimum Gasteiger partial charge on any atom is -0.396 e. The number of hydrogen-bond acceptors (Lipinski definition) is 2. The highest BCUT2D eigenvalue weighted by atomic mass is 16.3. The number of hydrogen-bond donors (Lipinski definition) is 1. The molecule has 0 saturated heterocycles. The molecule has 128 valence electrons. The SMILES string of the molecule is C=C[C@@H](CO)[C@H](C(C)C)N(Cc1ccccc1)Cc1ccccc1. The summed E-state index contributed by atoms with van der Waals surface area (Å²) in [5.41, 5.74) is 2.58. The van der Waals surface area contributed by atoms with Gasteiger partial charge in [-0.05, 0) is 17.0 Å². The Bertz CT molecular complexity index is 552. The monoisotopic (exact) mass is 323 g/mol. The maximum Gasteiger partial charge on any atom is 0.0508 e. The lowest BCUT2D eigenvalue weighted by Crippen LogP contribution is -2.44. The van der Waals surface area contributed by atoms with E-state index in [1.54, 1.807) is 0 Å². The summed E-state index contributed by atoms with van der Waals surface area (Å²) in [6.07, 6.45) is 1.90. The van der Waals surface area contributed by atoms with Crippen LogP contribution in [0.2, 0.25) is 0 Å². The molecular weight excluding hydrogens is 294 g/mol. The van der Waals surface area contributed by atoms with Crippen LogP contribution in [0.5, 0.6) is 0 Å². The molecule has 0 unspecified atom stereocenters. The molecule has 0 radical (unpaired) electrons. The second-order valence-corrected chi connectivity index (χ2v) is 6.69. The van der Waals surface area contributed by atoms with E-state index < -0.39 is 0 Å². The van der Waals surface area contributed by atoms with Crippen molar-refractivity contribution in [3.63, 3.8) is 0 Å². The van der Waals surface area contributed by atoms with Crippen LogP contribution in [0, 0.1) is 11.8 Å². The van der Waals surface area contributed by atoms with Crippen molar-refractivity contribution in [2.75, 3.05) is 6.61 Å². The van der Waals surface area contributed by atoms with Gasteiger partial charge in [0.15, 0.2) is 0 Å². The highest BCUT2D eigenvalue weighted by molar-refractivity contribution is 5.17. The van der Waals surface area contributed by atoms with Gasteiger partial charge in [0.25, 0.3) is 0 Å². The molecule has 2 aromatic carbocycles. The van der Waals surface area contributed by atoms with Gasteiger partial charge in [0.2, 0.25) is 0 Å². The van der Waals surface area contributed by atoms with Crippen molar-refractivity contribution in [3.8, 4) is 0 Å². The van der Waals surface area contributed by atoms with Crippen molar-refractivity contribution in [1.82, 2.24) is 4.90 Å². The van der Waals surface area contributed by atoms with E-state index in [1.807, 2.05) is 18.2 Å². The molecule has 0 aliphatic carbocycles. The summed E-state index contributed by atoms with van der Waals surface area (Å²) < 4.78 is 0. The van der Waals surface area contributed by atoms with E-state index in [0.717, 1.165) is 13.1 Å². The fourth-order valence-corrected chi connectivity index (χ4v) is 3.41. The molecular formula is C22H29NO. The van der Waals surface area contributed by atoms with Crippen molar-refractivity contribution in [2.24, 2.45) is 11.8 Å². The van der Waals surface area contributed by atoms with Gasteiger partial charge >= 0.3 is 0 Å². The zero-order valence-electron chi connectivity index (χ0n) is 14.8. The predicted octanol–water partition coefficient (Wildman–Crippen LogP) is 4.51. The third kappa shape index (κ3) is 5.05. The Kier molecular flexibility index (Phi) is 7.23. The van der Waals surface area contributed by atoms with Gasteiger partial charge in [-0.2, -0.15) is 0 Å². The first kappa shape index (κ1) is 18.4. The maximum atomic E-state index is 9.83. The first-order chi connectivity index (χ1) is 11.7. The number of nitrogens with zero attached hydrogens (tertiary/aromatic N) is 1. The average Bonchev–Trinajstić information content (AvgIpc) is 2.60. The molecule has 24 heavy (non-hydrogen) atoms. The van der Waals surface area contributed by atoms with E-state index in [4.69, 9.17) is 0 Å². The summed E-state index contributed by atoms with van der Waals surface area (Å²) in [5.74, 6) is 0.491. The fraction of sp³-hybridized carbons (Fsp3) is 0.364. The molecule has 0 spiro atoms. The third-order valence-corrected chi connectivity index (χ3v) is 4.51. The van der Waals surface area contributed by atoms with Gasteiger partial charge in [0.05, 0.1) is 6.61 Å². The van der Waals surface area contributed by atoms with E-state index in [0.29, 0.717) is 5.92 Å². The van der Waals surface area contributed by atoms with E-state index >= 15 is 0 Å². The topological polar surface area (TPSA) is 23.5 Å². The number of benzene rings is 2. The number of aliphatic hydroxyl groups is 1. The van der Waals surface area contributed by atoms with E-state index in [-0.39, 0.29) is 18.6 Å². The molecule has 0 saturated carbocycles. The number of rotatable bonds is 9. The second kappa shape index (κ2) is 9.41. The fourth-order valence-electron chi connectivity index (χ4n) is 3.41. The Morgan fingerprint density at radius 1 is 0.917 bits per heavy atom. The molecule has 0 amide bonds. The Morgan fingerprint density at radius 3 is 1.71 bits per heavy atom. The van der Waals surface area contributed by atoms with Crippen molar-refractivity contribution in [3.05, 3.63) is 84.4 Å². The summed E-state index contributed by atoms with van der Waals surface area (Å²) >= 11 is 0. The van der Waals surface area contributed by atoms with Gasteiger partial charge in [0, 0.05) is 25.0 Å². The largest absolute Gasteiger partial charge is 0.396 e. The quantitative estimate of drug-likeness (QED) is 0.686. The molecule has 0 aliphatic rings. The Labute approximate surface area is 146 Å². The van der Waals surface area contributed by atoms with Crippen LogP contribution in [0.1, 0.15) is 25.0 Å². The smallest absolute Gasteiger partial charge is 0.0508 e. The van der Waals surface area contributed by atoms with Gasteiger partial charge in [-0.1, -0.05) is 80.6 Å². The van der Waals surface area contributed by atoms with E-state index in [2.05, 4.69) is 73.9 Å². The van der Waals surface area contributed by atoms with Crippen LogP contribution < -0.4 is 0 Å². The van der Waals surface area contributed by atoms with Crippen LogP contribution in [-0.4, -0.2) is 22.7 Å². The standard InChI is InChI=1S/C22H29NO/c1-4-21(17-24)22(18(2)3)23(15-19-11-7-5-8-12-19)16-20-13-9-6-10-14-20/h4-14,18,21-22,24H,1,15-17H2,2-3H3/t21-,22-/m0/s1. The Hall–Kier alpha value is -1.90. The predicted molar refractivity (Wildman–Crippen MR) is 102 cm³/mol. The van der Waals surface area contributed by atoms with Gasteiger partial charge in [-0.25, -0.2) is 0 Å². The lowest BCUT2D eigenvalue weighted by molar-refractivity contribution is 0.0750. The molecule has 0 aromatic heterocycles. The maximum absolute atomic E-state index is 9.83. The first-order valence-electron chi connectivity index (χ1n) is 8.71. The summed E-state index contributed by atoms with van der Waals surface area (Å²) in [5, 5.41) is 9.83. The summed E-state index contributed by atoms with van der Waals surface area (Å²) in [6, 6.07) is 21.3. The summed E-state index contributed by atoms with van der Waals surface area (Å²) in [4.78, 5) is 2.47. The van der Waals surface area contributed by atoms with Crippen molar-refractivity contribution >= 4 is 0 Å². The highest BCUT2D eigenvalue weighted by Crippen LogP contribution is 2.25. The van der Waals surface area contributed by atoms with Crippen molar-refractivity contribution < 1.29 is 5.11 Å². The molecule has 2 atom stereocenters.